The maximum Gasteiger partial charge on any atom is 0.0195 e. The van der Waals surface area contributed by atoms with Crippen molar-refractivity contribution in [3.05, 3.63) is 11.5 Å². The van der Waals surface area contributed by atoms with Gasteiger partial charge in [-0.25, -0.2) is 0 Å². The Morgan fingerprint density at radius 3 is 1.55 bits per heavy atom. The van der Waals surface area contributed by atoms with Crippen LogP contribution >= 0.6 is 11.8 Å². The zero-order chi connectivity index (χ0) is 9.28. The van der Waals surface area contributed by atoms with Crippen LogP contribution in [0, 0.1) is 5.41 Å². The summed E-state index contributed by atoms with van der Waals surface area (Å²) in [6, 6.07) is 0. The Balaban J connectivity index is 4.34. The molecule has 0 radical (unpaired) electrons. The third kappa shape index (κ3) is 3.33. The molecule has 0 aliphatic heterocycles. The molecule has 66 valence electrons. The van der Waals surface area contributed by atoms with Gasteiger partial charge in [-0.15, -0.1) is 11.8 Å². The zero-order valence-corrected chi connectivity index (χ0v) is 9.43. The molecule has 11 heavy (non-hydrogen) atoms. The Labute approximate surface area is 75.5 Å². The molecule has 0 spiro atoms. The van der Waals surface area contributed by atoms with E-state index in [4.69, 9.17) is 0 Å². The Bertz CT molecular complexity index is 149. The van der Waals surface area contributed by atoms with Crippen LogP contribution in [-0.2, 0) is 0 Å². The first-order valence-electron chi connectivity index (χ1n) is 4.01. The molecule has 0 rings (SSSR count). The molecule has 0 aromatic rings. The summed E-state index contributed by atoms with van der Waals surface area (Å²) in [6.45, 7) is 17.3. The van der Waals surface area contributed by atoms with Crippen molar-refractivity contribution in [1.29, 1.82) is 0 Å². The molecule has 0 aliphatic rings. The average Bonchev–Trinajstić information content (AvgIpc) is 1.56. The van der Waals surface area contributed by atoms with Gasteiger partial charge in [-0.05, 0) is 31.1 Å². The van der Waals surface area contributed by atoms with Crippen LogP contribution in [0.15, 0.2) is 11.5 Å². The van der Waals surface area contributed by atoms with Crippen molar-refractivity contribution >= 4 is 11.8 Å². The lowest BCUT2D eigenvalue weighted by molar-refractivity contribution is 0.320. The van der Waals surface area contributed by atoms with Crippen molar-refractivity contribution in [2.45, 2.75) is 46.3 Å². The summed E-state index contributed by atoms with van der Waals surface area (Å²) in [6.07, 6.45) is 0. The fourth-order valence-corrected chi connectivity index (χ4v) is 1.77. The standard InChI is InChI=1S/C10H20S/c1-8(2)11-10(6,7)9(3,4)5/h1H2,2-7H3. The third-order valence-corrected chi connectivity index (χ3v) is 3.71. The van der Waals surface area contributed by atoms with Gasteiger partial charge in [-0.1, -0.05) is 27.4 Å². The Hall–Kier alpha value is 0.0900. The molecule has 0 aromatic heterocycles. The summed E-state index contributed by atoms with van der Waals surface area (Å²) in [4.78, 5) is 1.20. The first kappa shape index (κ1) is 11.1. The van der Waals surface area contributed by atoms with Gasteiger partial charge in [0.15, 0.2) is 0 Å². The fourth-order valence-electron chi connectivity index (χ4n) is 0.589. The van der Waals surface area contributed by atoms with E-state index in [1.54, 1.807) is 0 Å². The lowest BCUT2D eigenvalue weighted by Gasteiger charge is -2.38. The molecule has 0 bridgehead atoms. The van der Waals surface area contributed by atoms with Gasteiger partial charge in [-0.3, -0.25) is 0 Å². The van der Waals surface area contributed by atoms with E-state index in [0.717, 1.165) is 0 Å². The second-order valence-electron chi connectivity index (χ2n) is 4.56. The van der Waals surface area contributed by atoms with Crippen molar-refractivity contribution in [2.24, 2.45) is 5.41 Å². The minimum atomic E-state index is 0.277. The van der Waals surface area contributed by atoms with Gasteiger partial charge in [0.25, 0.3) is 0 Å². The van der Waals surface area contributed by atoms with Crippen molar-refractivity contribution in [3.63, 3.8) is 0 Å². The van der Waals surface area contributed by atoms with Crippen molar-refractivity contribution in [2.75, 3.05) is 0 Å². The van der Waals surface area contributed by atoms with E-state index in [1.807, 2.05) is 11.8 Å². The highest BCUT2D eigenvalue weighted by Crippen LogP contribution is 2.43. The maximum absolute atomic E-state index is 3.92. The van der Waals surface area contributed by atoms with Gasteiger partial charge in [0, 0.05) is 4.75 Å². The van der Waals surface area contributed by atoms with E-state index in [1.165, 1.54) is 4.91 Å². The number of hydrogen-bond donors (Lipinski definition) is 0. The van der Waals surface area contributed by atoms with Crippen LogP contribution in [0.3, 0.4) is 0 Å². The van der Waals surface area contributed by atoms with Crippen LogP contribution in [0.25, 0.3) is 0 Å². The first-order valence-corrected chi connectivity index (χ1v) is 4.83. The maximum atomic E-state index is 3.92. The Morgan fingerprint density at radius 1 is 1.09 bits per heavy atom. The lowest BCUT2D eigenvalue weighted by Crippen LogP contribution is -2.32. The van der Waals surface area contributed by atoms with Crippen LogP contribution in [-0.4, -0.2) is 4.75 Å². The number of rotatable bonds is 2. The zero-order valence-electron chi connectivity index (χ0n) is 8.62. The molecule has 0 heterocycles. The first-order chi connectivity index (χ1) is 4.67. The Morgan fingerprint density at radius 2 is 1.45 bits per heavy atom. The second-order valence-corrected chi connectivity index (χ2v) is 6.49. The average molecular weight is 172 g/mol. The molecule has 0 aromatic carbocycles. The van der Waals surface area contributed by atoms with E-state index >= 15 is 0 Å². The van der Waals surface area contributed by atoms with E-state index in [-0.39, 0.29) is 4.75 Å². The molecule has 1 heteroatoms. The predicted octanol–water partition coefficient (Wildman–Crippen LogP) is 4.08. The minimum Gasteiger partial charge on any atom is -0.125 e. The summed E-state index contributed by atoms with van der Waals surface area (Å²) in [7, 11) is 0. The summed E-state index contributed by atoms with van der Waals surface area (Å²) in [5.41, 5.74) is 0.330. The normalized spacial score (nSPS) is 13.3. The van der Waals surface area contributed by atoms with Crippen LogP contribution in [0.4, 0.5) is 0 Å². The molecule has 0 aliphatic carbocycles. The SMILES string of the molecule is C=C(C)SC(C)(C)C(C)(C)C. The van der Waals surface area contributed by atoms with Gasteiger partial charge in [0.05, 0.1) is 0 Å². The van der Waals surface area contributed by atoms with Crippen molar-refractivity contribution in [1.82, 2.24) is 0 Å². The van der Waals surface area contributed by atoms with E-state index in [9.17, 15) is 0 Å². The molecule has 0 N–H and O–H groups in total. The second kappa shape index (κ2) is 3.22. The topological polar surface area (TPSA) is 0 Å². The largest absolute Gasteiger partial charge is 0.125 e. The molecule has 0 saturated heterocycles. The van der Waals surface area contributed by atoms with Gasteiger partial charge < -0.3 is 0 Å². The summed E-state index contributed by atoms with van der Waals surface area (Å²) in [5.74, 6) is 0. The van der Waals surface area contributed by atoms with Crippen molar-refractivity contribution < 1.29 is 0 Å². The third-order valence-electron chi connectivity index (χ3n) is 2.24. The molecular weight excluding hydrogens is 152 g/mol. The monoisotopic (exact) mass is 172 g/mol. The molecule has 0 atom stereocenters. The van der Waals surface area contributed by atoms with Crippen LogP contribution < -0.4 is 0 Å². The highest BCUT2D eigenvalue weighted by molar-refractivity contribution is 8.04. The molecular formula is C10H20S. The molecule has 0 nitrogen and oxygen atoms in total. The molecule has 0 amide bonds. The van der Waals surface area contributed by atoms with Gasteiger partial charge in [0.2, 0.25) is 0 Å². The molecule has 0 fully saturated rings. The lowest BCUT2D eigenvalue weighted by atomic mass is 9.83. The van der Waals surface area contributed by atoms with Gasteiger partial charge in [-0.2, -0.15) is 0 Å². The fraction of sp³-hybridized carbons (Fsp3) is 0.800. The van der Waals surface area contributed by atoms with Crippen molar-refractivity contribution in [3.8, 4) is 0 Å². The highest BCUT2D eigenvalue weighted by Gasteiger charge is 2.33. The van der Waals surface area contributed by atoms with Gasteiger partial charge >= 0.3 is 0 Å². The number of thioether (sulfide) groups is 1. The quantitative estimate of drug-likeness (QED) is 0.605. The van der Waals surface area contributed by atoms with Crippen LogP contribution in [0.1, 0.15) is 41.5 Å². The van der Waals surface area contributed by atoms with Gasteiger partial charge in [0.1, 0.15) is 0 Å². The minimum absolute atomic E-state index is 0.277. The molecule has 0 saturated carbocycles. The smallest absolute Gasteiger partial charge is 0.0195 e. The summed E-state index contributed by atoms with van der Waals surface area (Å²) >= 11 is 1.87. The number of allylic oxidation sites excluding steroid dienone is 1. The van der Waals surface area contributed by atoms with Crippen LogP contribution in [0.5, 0.6) is 0 Å². The van der Waals surface area contributed by atoms with E-state index in [0.29, 0.717) is 5.41 Å². The summed E-state index contributed by atoms with van der Waals surface area (Å²) < 4.78 is 0.277. The van der Waals surface area contributed by atoms with Crippen LogP contribution in [0.2, 0.25) is 0 Å². The predicted molar refractivity (Wildman–Crippen MR) is 55.9 cm³/mol. The van der Waals surface area contributed by atoms with E-state index in [2.05, 4.69) is 48.1 Å². The Kier molecular flexibility index (Phi) is 3.25. The highest BCUT2D eigenvalue weighted by atomic mass is 32.2. The number of hydrogen-bond acceptors (Lipinski definition) is 1. The van der Waals surface area contributed by atoms with E-state index < -0.39 is 0 Å². The molecule has 0 unspecified atom stereocenters. The summed E-state index contributed by atoms with van der Waals surface area (Å²) in [5, 5.41) is 0.